The molecule has 2 N–H and O–H groups in total. The monoisotopic (exact) mass is 252 g/mol. The lowest BCUT2D eigenvalue weighted by Crippen LogP contribution is -1.96. The van der Waals surface area contributed by atoms with Gasteiger partial charge in [0.1, 0.15) is 12.0 Å². The van der Waals surface area contributed by atoms with Crippen molar-refractivity contribution in [1.82, 2.24) is 14.4 Å². The highest BCUT2D eigenvalue weighted by molar-refractivity contribution is 5.40. The summed E-state index contributed by atoms with van der Waals surface area (Å²) in [4.78, 5) is 8.90. The summed E-state index contributed by atoms with van der Waals surface area (Å²) in [7, 11) is 0. The van der Waals surface area contributed by atoms with Gasteiger partial charge in [-0.2, -0.15) is 0 Å². The molecule has 3 aromatic rings. The van der Waals surface area contributed by atoms with Gasteiger partial charge in [-0.1, -0.05) is 30.3 Å². The molecule has 0 saturated carbocycles. The van der Waals surface area contributed by atoms with E-state index in [-0.39, 0.29) is 0 Å². The van der Waals surface area contributed by atoms with Gasteiger partial charge in [-0.15, -0.1) is 0 Å². The van der Waals surface area contributed by atoms with Crippen LogP contribution < -0.4 is 5.73 Å². The summed E-state index contributed by atoms with van der Waals surface area (Å²) in [6, 6.07) is 12.5. The molecule has 0 atom stereocenters. The van der Waals surface area contributed by atoms with E-state index in [4.69, 9.17) is 5.73 Å². The summed E-state index contributed by atoms with van der Waals surface area (Å²) in [5, 5.41) is 0. The average Bonchev–Trinajstić information content (AvgIpc) is 2.88. The highest BCUT2D eigenvalue weighted by Crippen LogP contribution is 2.09. The standard InChI is InChI=1S/C15H16N4/c16-9-14-10-19-11-17-13(8-15(19)18-14)7-6-12-4-2-1-3-5-12/h1-5,8,10-11H,6-7,9,16H2. The van der Waals surface area contributed by atoms with Crippen molar-refractivity contribution in [3.8, 4) is 0 Å². The second-order valence-corrected chi connectivity index (χ2v) is 4.57. The number of nitrogens with two attached hydrogens (primary N) is 1. The van der Waals surface area contributed by atoms with E-state index in [1.165, 1.54) is 5.56 Å². The van der Waals surface area contributed by atoms with Crippen LogP contribution in [-0.2, 0) is 19.4 Å². The lowest BCUT2D eigenvalue weighted by Gasteiger charge is -2.01. The molecule has 2 aromatic heterocycles. The number of hydrogen-bond donors (Lipinski definition) is 1. The SMILES string of the molecule is NCc1cn2cnc(CCc3ccccc3)cc2n1. The average molecular weight is 252 g/mol. The Morgan fingerprint density at radius 3 is 2.68 bits per heavy atom. The van der Waals surface area contributed by atoms with Gasteiger partial charge in [-0.25, -0.2) is 9.97 Å². The predicted octanol–water partition coefficient (Wildman–Crippen LogP) is 1.97. The maximum absolute atomic E-state index is 5.59. The van der Waals surface area contributed by atoms with Crippen LogP contribution in [0.1, 0.15) is 17.0 Å². The molecule has 0 aliphatic carbocycles. The predicted molar refractivity (Wildman–Crippen MR) is 74.7 cm³/mol. The molecule has 1 aromatic carbocycles. The second-order valence-electron chi connectivity index (χ2n) is 4.57. The number of benzene rings is 1. The molecule has 96 valence electrons. The fourth-order valence-electron chi connectivity index (χ4n) is 2.13. The minimum atomic E-state index is 0.459. The van der Waals surface area contributed by atoms with Gasteiger partial charge in [-0.05, 0) is 18.4 Å². The molecular weight excluding hydrogens is 236 g/mol. The van der Waals surface area contributed by atoms with Gasteiger partial charge in [0.05, 0.1) is 5.69 Å². The summed E-state index contributed by atoms with van der Waals surface area (Å²) >= 11 is 0. The van der Waals surface area contributed by atoms with Crippen molar-refractivity contribution in [1.29, 1.82) is 0 Å². The lowest BCUT2D eigenvalue weighted by atomic mass is 10.1. The second kappa shape index (κ2) is 5.20. The Bertz CT molecular complexity index is 673. The summed E-state index contributed by atoms with van der Waals surface area (Å²) in [5.74, 6) is 0. The number of hydrogen-bond acceptors (Lipinski definition) is 3. The minimum Gasteiger partial charge on any atom is -0.325 e. The van der Waals surface area contributed by atoms with E-state index in [0.717, 1.165) is 29.9 Å². The van der Waals surface area contributed by atoms with Crippen molar-refractivity contribution in [2.75, 3.05) is 0 Å². The molecule has 0 fully saturated rings. The molecule has 0 spiro atoms. The van der Waals surface area contributed by atoms with Gasteiger partial charge in [-0.3, -0.25) is 4.40 Å². The van der Waals surface area contributed by atoms with Crippen LogP contribution in [-0.4, -0.2) is 14.4 Å². The zero-order valence-corrected chi connectivity index (χ0v) is 10.7. The molecular formula is C15H16N4. The maximum atomic E-state index is 5.59. The Hall–Kier alpha value is -2.20. The van der Waals surface area contributed by atoms with Crippen molar-refractivity contribution >= 4 is 5.65 Å². The summed E-state index contributed by atoms with van der Waals surface area (Å²) in [6.45, 7) is 0.459. The van der Waals surface area contributed by atoms with Crippen LogP contribution in [0.2, 0.25) is 0 Å². The number of fused-ring (bicyclic) bond motifs is 1. The first-order valence-electron chi connectivity index (χ1n) is 6.41. The molecule has 4 heteroatoms. The molecule has 0 radical (unpaired) electrons. The van der Waals surface area contributed by atoms with Gasteiger partial charge >= 0.3 is 0 Å². The third-order valence-electron chi connectivity index (χ3n) is 3.18. The van der Waals surface area contributed by atoms with Crippen molar-refractivity contribution in [2.24, 2.45) is 5.73 Å². The summed E-state index contributed by atoms with van der Waals surface area (Å²) < 4.78 is 1.91. The maximum Gasteiger partial charge on any atom is 0.140 e. The van der Waals surface area contributed by atoms with Gasteiger partial charge in [0, 0.05) is 24.5 Å². The van der Waals surface area contributed by atoms with E-state index in [1.807, 2.05) is 29.1 Å². The van der Waals surface area contributed by atoms with Crippen LogP contribution >= 0.6 is 0 Å². The first-order valence-corrected chi connectivity index (χ1v) is 6.41. The molecule has 0 aliphatic heterocycles. The number of rotatable bonds is 4. The van der Waals surface area contributed by atoms with Crippen LogP contribution in [0.3, 0.4) is 0 Å². The highest BCUT2D eigenvalue weighted by Gasteiger charge is 2.03. The van der Waals surface area contributed by atoms with Crippen molar-refractivity contribution in [3.05, 3.63) is 65.9 Å². The van der Waals surface area contributed by atoms with Crippen molar-refractivity contribution in [2.45, 2.75) is 19.4 Å². The molecule has 0 amide bonds. The number of imidazole rings is 1. The third-order valence-corrected chi connectivity index (χ3v) is 3.18. The fraction of sp³-hybridized carbons (Fsp3) is 0.200. The summed E-state index contributed by atoms with van der Waals surface area (Å²) in [5.41, 5.74) is 9.79. The van der Waals surface area contributed by atoms with Crippen LogP contribution in [0.15, 0.2) is 48.9 Å². The van der Waals surface area contributed by atoms with Crippen molar-refractivity contribution < 1.29 is 0 Å². The highest BCUT2D eigenvalue weighted by atomic mass is 15.0. The Morgan fingerprint density at radius 1 is 1.05 bits per heavy atom. The molecule has 4 nitrogen and oxygen atoms in total. The quantitative estimate of drug-likeness (QED) is 0.772. The zero-order valence-electron chi connectivity index (χ0n) is 10.7. The molecule has 0 aliphatic rings. The van der Waals surface area contributed by atoms with E-state index in [2.05, 4.69) is 34.2 Å². The van der Waals surface area contributed by atoms with E-state index in [1.54, 1.807) is 0 Å². The van der Waals surface area contributed by atoms with Crippen LogP contribution in [0.4, 0.5) is 0 Å². The zero-order chi connectivity index (χ0) is 13.1. The van der Waals surface area contributed by atoms with Gasteiger partial charge in [0.2, 0.25) is 0 Å². The van der Waals surface area contributed by atoms with Crippen molar-refractivity contribution in [3.63, 3.8) is 0 Å². The third kappa shape index (κ3) is 2.63. The molecule has 0 unspecified atom stereocenters. The van der Waals surface area contributed by atoms with E-state index >= 15 is 0 Å². The molecule has 2 heterocycles. The topological polar surface area (TPSA) is 56.2 Å². The number of aromatic nitrogens is 3. The van der Waals surface area contributed by atoms with Crippen LogP contribution in [0.5, 0.6) is 0 Å². The van der Waals surface area contributed by atoms with E-state index < -0.39 is 0 Å². The molecule has 0 bridgehead atoms. The molecule has 0 saturated heterocycles. The van der Waals surface area contributed by atoms with E-state index in [0.29, 0.717) is 6.54 Å². The number of aryl methyl sites for hydroxylation is 2. The fourth-order valence-corrected chi connectivity index (χ4v) is 2.13. The smallest absolute Gasteiger partial charge is 0.140 e. The Kier molecular flexibility index (Phi) is 3.25. The summed E-state index contributed by atoms with van der Waals surface area (Å²) in [6.07, 6.45) is 5.64. The first kappa shape index (κ1) is 11.9. The van der Waals surface area contributed by atoms with Gasteiger partial charge in [0.25, 0.3) is 0 Å². The largest absolute Gasteiger partial charge is 0.325 e. The Balaban J connectivity index is 1.78. The normalized spacial score (nSPS) is 11.0. The van der Waals surface area contributed by atoms with Gasteiger partial charge in [0.15, 0.2) is 0 Å². The van der Waals surface area contributed by atoms with E-state index in [9.17, 15) is 0 Å². The first-order chi connectivity index (χ1) is 9.35. The van der Waals surface area contributed by atoms with Crippen LogP contribution in [0, 0.1) is 0 Å². The van der Waals surface area contributed by atoms with Gasteiger partial charge < -0.3 is 5.73 Å². The Labute approximate surface area is 111 Å². The minimum absolute atomic E-state index is 0.459. The molecule has 19 heavy (non-hydrogen) atoms. The lowest BCUT2D eigenvalue weighted by molar-refractivity contribution is 0.894. The van der Waals surface area contributed by atoms with Crippen LogP contribution in [0.25, 0.3) is 5.65 Å². The molecule has 3 rings (SSSR count). The Morgan fingerprint density at radius 2 is 1.89 bits per heavy atom. The number of nitrogens with zero attached hydrogens (tertiary/aromatic N) is 3.